The average molecular weight is 555 g/mol. The Hall–Kier alpha value is -1.84. The number of piperidine rings is 1. The van der Waals surface area contributed by atoms with Crippen molar-refractivity contribution in [3.8, 4) is 0 Å². The van der Waals surface area contributed by atoms with Gasteiger partial charge in [-0.3, -0.25) is 0 Å². The Kier molecular flexibility index (Phi) is 9.17. The van der Waals surface area contributed by atoms with E-state index in [0.29, 0.717) is 21.3 Å². The molecule has 0 spiro atoms. The molecule has 2 aliphatic rings. The van der Waals surface area contributed by atoms with Crippen LogP contribution in [0.3, 0.4) is 0 Å². The highest BCUT2D eigenvalue weighted by Gasteiger charge is 2.28. The standard InChI is InChI=1S/C26H33Cl2N3O4S/c1-18(23-7-2-8-24(27)25(23)28)29-26(32)30-20-9-11-22(12-10-20)36(33,34)17-19-5-3-13-31(15-19)16-21-6-4-14-35-21/h2,7-12,18-19,21H,3-6,13-17H2,1H3,(H2,29,30,32). The minimum absolute atomic E-state index is 0.105. The largest absolute Gasteiger partial charge is 0.377 e. The second-order valence-corrected chi connectivity index (χ2v) is 12.5. The number of carbonyl (C=O) groups excluding carboxylic acids is 1. The summed E-state index contributed by atoms with van der Waals surface area (Å²) in [6, 6.07) is 10.8. The molecule has 36 heavy (non-hydrogen) atoms. The summed E-state index contributed by atoms with van der Waals surface area (Å²) < 4.78 is 31.9. The SMILES string of the molecule is CC(NC(=O)Nc1ccc(S(=O)(=O)CC2CCCN(CC3CCCO3)C2)cc1)c1cccc(Cl)c1Cl. The van der Waals surface area contributed by atoms with Gasteiger partial charge in [-0.25, -0.2) is 13.2 Å². The zero-order valence-corrected chi connectivity index (χ0v) is 22.7. The van der Waals surface area contributed by atoms with Crippen LogP contribution in [0, 0.1) is 5.92 Å². The first-order chi connectivity index (χ1) is 17.2. The van der Waals surface area contributed by atoms with Gasteiger partial charge in [0.2, 0.25) is 0 Å². The molecule has 2 aliphatic heterocycles. The van der Waals surface area contributed by atoms with Crippen LogP contribution in [0.25, 0.3) is 0 Å². The summed E-state index contributed by atoms with van der Waals surface area (Å²) in [5, 5.41) is 6.37. The van der Waals surface area contributed by atoms with Crippen molar-refractivity contribution in [3.63, 3.8) is 0 Å². The smallest absolute Gasteiger partial charge is 0.319 e. The third kappa shape index (κ3) is 7.13. The van der Waals surface area contributed by atoms with Gasteiger partial charge in [0.05, 0.1) is 32.8 Å². The van der Waals surface area contributed by atoms with Gasteiger partial charge in [-0.2, -0.15) is 0 Å². The lowest BCUT2D eigenvalue weighted by Gasteiger charge is -2.33. The van der Waals surface area contributed by atoms with Crippen LogP contribution in [-0.2, 0) is 14.6 Å². The lowest BCUT2D eigenvalue weighted by Crippen LogP contribution is -2.41. The Labute approximate surface area is 223 Å². The van der Waals surface area contributed by atoms with Crippen molar-refractivity contribution in [2.24, 2.45) is 5.92 Å². The van der Waals surface area contributed by atoms with Crippen molar-refractivity contribution in [2.75, 3.05) is 37.3 Å². The van der Waals surface area contributed by atoms with E-state index in [4.69, 9.17) is 27.9 Å². The monoisotopic (exact) mass is 553 g/mol. The molecule has 0 saturated carbocycles. The number of halogens is 2. The summed E-state index contributed by atoms with van der Waals surface area (Å²) in [6.07, 6.45) is 4.39. The summed E-state index contributed by atoms with van der Waals surface area (Å²) in [4.78, 5) is 15.1. The van der Waals surface area contributed by atoms with E-state index in [9.17, 15) is 13.2 Å². The number of hydrogen-bond donors (Lipinski definition) is 2. The number of likely N-dealkylation sites (tertiary alicyclic amines) is 1. The van der Waals surface area contributed by atoms with E-state index in [-0.39, 0.29) is 28.7 Å². The molecule has 2 aromatic rings. The number of amides is 2. The van der Waals surface area contributed by atoms with Crippen LogP contribution in [0.1, 0.15) is 44.2 Å². The summed E-state index contributed by atoms with van der Waals surface area (Å²) in [6.45, 7) is 5.31. The molecular formula is C26H33Cl2N3O4S. The van der Waals surface area contributed by atoms with E-state index in [1.807, 2.05) is 0 Å². The maximum Gasteiger partial charge on any atom is 0.319 e. The molecule has 0 radical (unpaired) electrons. The Morgan fingerprint density at radius 3 is 2.64 bits per heavy atom. The first-order valence-corrected chi connectivity index (χ1v) is 14.8. The molecule has 2 saturated heterocycles. The van der Waals surface area contributed by atoms with Crippen LogP contribution in [0.4, 0.5) is 10.5 Å². The number of benzene rings is 2. The average Bonchev–Trinajstić information content (AvgIpc) is 3.34. The van der Waals surface area contributed by atoms with Gasteiger partial charge >= 0.3 is 6.03 Å². The Morgan fingerprint density at radius 2 is 1.92 bits per heavy atom. The summed E-state index contributed by atoms with van der Waals surface area (Å²) in [5.74, 6) is 0.230. The molecule has 2 aromatic carbocycles. The molecular weight excluding hydrogens is 521 g/mol. The molecule has 196 valence electrons. The summed E-state index contributed by atoms with van der Waals surface area (Å²) in [5.41, 5.74) is 1.20. The number of carbonyl (C=O) groups is 1. The third-order valence-electron chi connectivity index (χ3n) is 6.81. The van der Waals surface area contributed by atoms with Gasteiger partial charge in [-0.05, 0) is 81.0 Å². The van der Waals surface area contributed by atoms with E-state index < -0.39 is 15.9 Å². The number of sulfone groups is 1. The molecule has 7 nitrogen and oxygen atoms in total. The molecule has 3 atom stereocenters. The fourth-order valence-electron chi connectivity index (χ4n) is 4.98. The van der Waals surface area contributed by atoms with Crippen LogP contribution in [-0.4, -0.2) is 57.4 Å². The molecule has 2 amide bonds. The van der Waals surface area contributed by atoms with E-state index in [2.05, 4.69) is 15.5 Å². The van der Waals surface area contributed by atoms with E-state index >= 15 is 0 Å². The minimum Gasteiger partial charge on any atom is -0.377 e. The van der Waals surface area contributed by atoms with Gasteiger partial charge in [0.1, 0.15) is 0 Å². The maximum atomic E-state index is 13.1. The molecule has 0 aromatic heterocycles. The zero-order valence-electron chi connectivity index (χ0n) is 20.4. The maximum absolute atomic E-state index is 13.1. The van der Waals surface area contributed by atoms with Gasteiger partial charge < -0.3 is 20.3 Å². The number of nitrogens with zero attached hydrogens (tertiary/aromatic N) is 1. The van der Waals surface area contributed by atoms with E-state index in [1.54, 1.807) is 49.4 Å². The molecule has 2 heterocycles. The molecule has 0 aliphatic carbocycles. The van der Waals surface area contributed by atoms with Gasteiger partial charge in [0, 0.05) is 25.4 Å². The number of rotatable bonds is 8. The van der Waals surface area contributed by atoms with Crippen LogP contribution in [0.5, 0.6) is 0 Å². The lowest BCUT2D eigenvalue weighted by atomic mass is 9.99. The highest BCUT2D eigenvalue weighted by Crippen LogP contribution is 2.30. The second kappa shape index (κ2) is 12.1. The third-order valence-corrected chi connectivity index (χ3v) is 9.55. The van der Waals surface area contributed by atoms with Crippen molar-refractivity contribution in [2.45, 2.75) is 49.6 Å². The first kappa shape index (κ1) is 27.2. The lowest BCUT2D eigenvalue weighted by molar-refractivity contribution is 0.0588. The van der Waals surface area contributed by atoms with Crippen LogP contribution in [0.2, 0.25) is 10.0 Å². The van der Waals surface area contributed by atoms with Crippen LogP contribution < -0.4 is 10.6 Å². The molecule has 0 bridgehead atoms. The summed E-state index contributed by atoms with van der Waals surface area (Å²) >= 11 is 12.3. The Bertz CT molecular complexity index is 1150. The van der Waals surface area contributed by atoms with Crippen molar-refractivity contribution < 1.29 is 17.9 Å². The predicted octanol–water partition coefficient (Wildman–Crippen LogP) is 5.54. The minimum atomic E-state index is -3.43. The zero-order chi connectivity index (χ0) is 25.7. The highest BCUT2D eigenvalue weighted by molar-refractivity contribution is 7.91. The van der Waals surface area contributed by atoms with Gasteiger partial charge in [-0.1, -0.05) is 35.3 Å². The Morgan fingerprint density at radius 1 is 1.14 bits per heavy atom. The number of urea groups is 1. The van der Waals surface area contributed by atoms with Crippen molar-refractivity contribution >= 4 is 44.8 Å². The molecule has 10 heteroatoms. The fraction of sp³-hybridized carbons (Fsp3) is 0.500. The van der Waals surface area contributed by atoms with Crippen molar-refractivity contribution in [3.05, 3.63) is 58.1 Å². The number of anilines is 1. The van der Waals surface area contributed by atoms with Crippen molar-refractivity contribution in [1.82, 2.24) is 10.2 Å². The molecule has 3 unspecified atom stereocenters. The quantitative estimate of drug-likeness (QED) is 0.448. The molecule has 4 rings (SSSR count). The van der Waals surface area contributed by atoms with Crippen LogP contribution in [0.15, 0.2) is 47.4 Å². The second-order valence-electron chi connectivity index (χ2n) is 9.67. The van der Waals surface area contributed by atoms with Gasteiger partial charge in [0.25, 0.3) is 0 Å². The fourth-order valence-corrected chi connectivity index (χ4v) is 7.09. The topological polar surface area (TPSA) is 87.7 Å². The van der Waals surface area contributed by atoms with Crippen molar-refractivity contribution in [1.29, 1.82) is 0 Å². The molecule has 2 fully saturated rings. The van der Waals surface area contributed by atoms with Gasteiger partial charge in [0.15, 0.2) is 9.84 Å². The molecule has 2 N–H and O–H groups in total. The first-order valence-electron chi connectivity index (χ1n) is 12.4. The van der Waals surface area contributed by atoms with E-state index in [1.165, 1.54) is 0 Å². The number of hydrogen-bond acceptors (Lipinski definition) is 5. The summed E-state index contributed by atoms with van der Waals surface area (Å²) in [7, 11) is -3.43. The van der Waals surface area contributed by atoms with Crippen LogP contribution >= 0.6 is 23.2 Å². The van der Waals surface area contributed by atoms with Gasteiger partial charge in [-0.15, -0.1) is 0 Å². The normalized spacial score (nSPS) is 21.8. The Balaban J connectivity index is 1.30. The number of nitrogens with one attached hydrogen (secondary N) is 2. The van der Waals surface area contributed by atoms with E-state index in [0.717, 1.165) is 51.9 Å². The predicted molar refractivity (Wildman–Crippen MR) is 144 cm³/mol. The number of ether oxygens (including phenoxy) is 1. The highest BCUT2D eigenvalue weighted by atomic mass is 35.5.